The van der Waals surface area contributed by atoms with Crippen LogP contribution in [0.25, 0.3) is 0 Å². The molecule has 6 nitrogen and oxygen atoms in total. The summed E-state index contributed by atoms with van der Waals surface area (Å²) < 4.78 is 16.7. The molecule has 0 saturated carbocycles. The Kier molecular flexibility index (Phi) is 43.4. The van der Waals surface area contributed by atoms with Gasteiger partial charge in [0.25, 0.3) is 0 Å². The van der Waals surface area contributed by atoms with Gasteiger partial charge in [-0.15, -0.1) is 0 Å². The molecule has 1 atom stereocenters. The van der Waals surface area contributed by atoms with Gasteiger partial charge in [-0.05, 0) is 51.4 Å². The summed E-state index contributed by atoms with van der Waals surface area (Å²) in [6, 6.07) is 0. The molecule has 6 heteroatoms. The number of rotatable bonds is 43. The highest BCUT2D eigenvalue weighted by molar-refractivity contribution is 5.71. The van der Waals surface area contributed by atoms with Crippen LogP contribution in [0.3, 0.4) is 0 Å². The number of esters is 3. The minimum absolute atomic E-state index is 0.0843. The molecule has 0 heterocycles. The SMILES string of the molecule is CCCCCCCC/C=C\C/C=C\C/C=C\CCCC(=O)OCC(COC(=O)CCCCCCCCCCCC)OC(=O)CCCCCCCCCCCCC. The van der Waals surface area contributed by atoms with E-state index in [4.69, 9.17) is 14.2 Å². The van der Waals surface area contributed by atoms with Gasteiger partial charge >= 0.3 is 17.9 Å². The molecule has 0 bridgehead atoms. The van der Waals surface area contributed by atoms with Crippen molar-refractivity contribution >= 4 is 17.9 Å². The normalized spacial score (nSPS) is 12.3. The molecular weight excluding hydrogens is 697 g/mol. The van der Waals surface area contributed by atoms with Crippen LogP contribution >= 0.6 is 0 Å². The average molecular weight is 787 g/mol. The van der Waals surface area contributed by atoms with Crippen molar-refractivity contribution in [2.75, 3.05) is 13.2 Å². The molecule has 0 fully saturated rings. The van der Waals surface area contributed by atoms with E-state index in [0.717, 1.165) is 57.8 Å². The van der Waals surface area contributed by atoms with E-state index in [1.807, 2.05) is 0 Å². The van der Waals surface area contributed by atoms with E-state index in [1.165, 1.54) is 141 Å². The van der Waals surface area contributed by atoms with Gasteiger partial charge in [-0.25, -0.2) is 0 Å². The zero-order valence-electron chi connectivity index (χ0n) is 37.2. The number of carbonyl (C=O) groups is 3. The van der Waals surface area contributed by atoms with Gasteiger partial charge in [-0.1, -0.05) is 211 Å². The molecule has 0 aliphatic rings. The van der Waals surface area contributed by atoms with Crippen molar-refractivity contribution in [1.82, 2.24) is 0 Å². The Labute approximate surface area is 346 Å². The third kappa shape index (κ3) is 42.8. The monoisotopic (exact) mass is 787 g/mol. The fourth-order valence-corrected chi connectivity index (χ4v) is 6.75. The van der Waals surface area contributed by atoms with Crippen LogP contribution in [0.2, 0.25) is 0 Å². The Morgan fingerprint density at radius 1 is 0.357 bits per heavy atom. The van der Waals surface area contributed by atoms with Crippen LogP contribution in [-0.2, 0) is 28.6 Å². The third-order valence-corrected chi connectivity index (χ3v) is 10.4. The van der Waals surface area contributed by atoms with Gasteiger partial charge in [-0.3, -0.25) is 14.4 Å². The van der Waals surface area contributed by atoms with Gasteiger partial charge in [-0.2, -0.15) is 0 Å². The smallest absolute Gasteiger partial charge is 0.306 e. The molecule has 0 radical (unpaired) electrons. The van der Waals surface area contributed by atoms with E-state index in [0.29, 0.717) is 25.7 Å². The Morgan fingerprint density at radius 2 is 0.661 bits per heavy atom. The largest absolute Gasteiger partial charge is 0.462 e. The third-order valence-electron chi connectivity index (χ3n) is 10.4. The van der Waals surface area contributed by atoms with E-state index in [-0.39, 0.29) is 31.1 Å². The fourth-order valence-electron chi connectivity index (χ4n) is 6.75. The number of unbranched alkanes of at least 4 members (excludes halogenated alkanes) is 26. The van der Waals surface area contributed by atoms with Gasteiger partial charge in [0.2, 0.25) is 0 Å². The van der Waals surface area contributed by atoms with Crippen LogP contribution in [0.4, 0.5) is 0 Å². The molecule has 326 valence electrons. The summed E-state index contributed by atoms with van der Waals surface area (Å²) >= 11 is 0. The number of hydrogen-bond donors (Lipinski definition) is 0. The van der Waals surface area contributed by atoms with E-state index in [1.54, 1.807) is 0 Å². The number of ether oxygens (including phenoxy) is 3. The number of hydrogen-bond acceptors (Lipinski definition) is 6. The maximum Gasteiger partial charge on any atom is 0.306 e. The van der Waals surface area contributed by atoms with E-state index >= 15 is 0 Å². The zero-order valence-corrected chi connectivity index (χ0v) is 37.2. The van der Waals surface area contributed by atoms with Gasteiger partial charge in [0, 0.05) is 19.3 Å². The first-order valence-corrected chi connectivity index (χ1v) is 24.0. The van der Waals surface area contributed by atoms with Gasteiger partial charge < -0.3 is 14.2 Å². The summed E-state index contributed by atoms with van der Waals surface area (Å²) in [7, 11) is 0. The lowest BCUT2D eigenvalue weighted by Crippen LogP contribution is -2.30. The van der Waals surface area contributed by atoms with Crippen molar-refractivity contribution in [1.29, 1.82) is 0 Å². The Bertz CT molecular complexity index is 953. The highest BCUT2D eigenvalue weighted by Crippen LogP contribution is 2.14. The van der Waals surface area contributed by atoms with Crippen LogP contribution in [0.5, 0.6) is 0 Å². The number of carbonyl (C=O) groups excluding carboxylic acids is 3. The van der Waals surface area contributed by atoms with E-state index in [2.05, 4.69) is 57.2 Å². The predicted octanol–water partition coefficient (Wildman–Crippen LogP) is 15.4. The van der Waals surface area contributed by atoms with Crippen LogP contribution < -0.4 is 0 Å². The van der Waals surface area contributed by atoms with E-state index < -0.39 is 6.10 Å². The molecule has 0 saturated heterocycles. The molecule has 0 amide bonds. The molecule has 0 aliphatic carbocycles. The lowest BCUT2D eigenvalue weighted by atomic mass is 10.1. The van der Waals surface area contributed by atoms with Crippen LogP contribution in [-0.4, -0.2) is 37.2 Å². The van der Waals surface area contributed by atoms with Crippen molar-refractivity contribution in [3.8, 4) is 0 Å². The van der Waals surface area contributed by atoms with Gasteiger partial charge in [0.05, 0.1) is 0 Å². The van der Waals surface area contributed by atoms with Gasteiger partial charge in [0.15, 0.2) is 6.10 Å². The minimum atomic E-state index is -0.784. The highest BCUT2D eigenvalue weighted by atomic mass is 16.6. The van der Waals surface area contributed by atoms with Crippen molar-refractivity contribution in [2.45, 2.75) is 252 Å². The Balaban J connectivity index is 4.40. The summed E-state index contributed by atoms with van der Waals surface area (Å²) in [4.78, 5) is 37.7. The molecule has 1 unspecified atom stereocenters. The quantitative estimate of drug-likeness (QED) is 0.0265. The minimum Gasteiger partial charge on any atom is -0.462 e. The number of allylic oxidation sites excluding steroid dienone is 6. The molecule has 0 aromatic carbocycles. The lowest BCUT2D eigenvalue weighted by molar-refractivity contribution is -0.167. The van der Waals surface area contributed by atoms with Crippen LogP contribution in [0.1, 0.15) is 245 Å². The molecule has 0 aromatic rings. The topological polar surface area (TPSA) is 78.9 Å². The van der Waals surface area contributed by atoms with Crippen molar-refractivity contribution in [2.24, 2.45) is 0 Å². The maximum atomic E-state index is 12.7. The molecule has 0 aromatic heterocycles. The Morgan fingerprint density at radius 3 is 1.07 bits per heavy atom. The summed E-state index contributed by atoms with van der Waals surface area (Å²) in [6.45, 7) is 6.57. The van der Waals surface area contributed by atoms with Crippen molar-refractivity contribution in [3.05, 3.63) is 36.5 Å². The summed E-state index contributed by atoms with van der Waals surface area (Å²) in [5, 5.41) is 0. The zero-order chi connectivity index (χ0) is 40.8. The second kappa shape index (κ2) is 45.3. The lowest BCUT2D eigenvalue weighted by Gasteiger charge is -2.18. The fraction of sp³-hybridized carbons (Fsp3) is 0.820. The predicted molar refractivity (Wildman–Crippen MR) is 238 cm³/mol. The molecule has 0 rings (SSSR count). The van der Waals surface area contributed by atoms with Crippen molar-refractivity contribution < 1.29 is 28.6 Å². The first kappa shape index (κ1) is 53.6. The first-order chi connectivity index (χ1) is 27.5. The summed E-state index contributed by atoms with van der Waals surface area (Å²) in [5.41, 5.74) is 0. The molecule has 0 N–H and O–H groups in total. The average Bonchev–Trinajstić information content (AvgIpc) is 3.19. The summed E-state index contributed by atoms with van der Waals surface area (Å²) in [5.74, 6) is -0.936. The van der Waals surface area contributed by atoms with Crippen molar-refractivity contribution in [3.63, 3.8) is 0 Å². The first-order valence-electron chi connectivity index (χ1n) is 24.0. The highest BCUT2D eigenvalue weighted by Gasteiger charge is 2.19. The molecule has 0 aliphatic heterocycles. The second-order valence-electron chi connectivity index (χ2n) is 16.0. The second-order valence-corrected chi connectivity index (χ2v) is 16.0. The molecular formula is C50H90O6. The maximum absolute atomic E-state index is 12.7. The molecule has 56 heavy (non-hydrogen) atoms. The van der Waals surface area contributed by atoms with E-state index in [9.17, 15) is 14.4 Å². The molecule has 0 spiro atoms. The van der Waals surface area contributed by atoms with Crippen LogP contribution in [0.15, 0.2) is 36.5 Å². The Hall–Kier alpha value is -2.37. The summed E-state index contributed by atoms with van der Waals surface area (Å²) in [6.07, 6.45) is 51.3. The van der Waals surface area contributed by atoms with Crippen LogP contribution in [0, 0.1) is 0 Å². The standard InChI is InChI=1S/C50H90O6/c1-4-7-10-13-16-19-22-23-24-25-26-27-29-31-34-37-40-43-49(52)55-46-47(45-54-48(51)42-39-36-33-30-21-18-15-12-9-6-3)56-50(53)44-41-38-35-32-28-20-17-14-11-8-5-2/h23-24,26-27,31,34,47H,4-22,25,28-30,32-33,35-46H2,1-3H3/b24-23-,27-26-,34-31-. The van der Waals surface area contributed by atoms with Gasteiger partial charge in [0.1, 0.15) is 13.2 Å².